The lowest BCUT2D eigenvalue weighted by atomic mass is 10.0. The van der Waals surface area contributed by atoms with Crippen LogP contribution in [0.15, 0.2) is 18.2 Å². The number of carbonyl (C=O) groups is 1. The second-order valence-electron chi connectivity index (χ2n) is 7.65. The minimum Gasteiger partial charge on any atom is -0.379 e. The van der Waals surface area contributed by atoms with Gasteiger partial charge in [-0.05, 0) is 49.4 Å². The first kappa shape index (κ1) is 22.2. The largest absolute Gasteiger partial charge is 0.379 e. The number of rotatable bonds is 13. The average Bonchev–Trinajstić information content (AvgIpc) is 3.08. The Labute approximate surface area is 173 Å². The van der Waals surface area contributed by atoms with Crippen LogP contribution in [0, 0.1) is 0 Å². The van der Waals surface area contributed by atoms with Gasteiger partial charge in [0.1, 0.15) is 0 Å². The maximum atomic E-state index is 12.7. The Kier molecular flexibility index (Phi) is 9.37. The van der Waals surface area contributed by atoms with Gasteiger partial charge in [-0.1, -0.05) is 12.1 Å². The van der Waals surface area contributed by atoms with E-state index in [1.165, 1.54) is 11.1 Å². The Bertz CT molecular complexity index is 634. The van der Waals surface area contributed by atoms with E-state index in [0.717, 1.165) is 50.9 Å². The first-order valence-corrected chi connectivity index (χ1v) is 10.9. The van der Waals surface area contributed by atoms with Gasteiger partial charge in [0.05, 0.1) is 33.0 Å². The summed E-state index contributed by atoms with van der Waals surface area (Å²) in [6, 6.07) is 6.62. The third-order valence-electron chi connectivity index (χ3n) is 5.47. The topological polar surface area (TPSA) is 86.1 Å². The summed E-state index contributed by atoms with van der Waals surface area (Å²) in [6.07, 6.45) is 4.16. The van der Waals surface area contributed by atoms with E-state index in [0.29, 0.717) is 52.2 Å². The first-order chi connectivity index (χ1) is 14.3. The van der Waals surface area contributed by atoms with Crippen molar-refractivity contribution < 1.29 is 19.0 Å². The molecule has 1 unspecified atom stereocenters. The number of ether oxygens (including phenoxy) is 3. The number of amides is 1. The average molecular weight is 406 g/mol. The van der Waals surface area contributed by atoms with Crippen molar-refractivity contribution in [2.24, 2.45) is 5.73 Å². The summed E-state index contributed by atoms with van der Waals surface area (Å²) in [5.41, 5.74) is 8.67. The molecule has 0 spiro atoms. The normalized spacial score (nSPS) is 19.0. The highest BCUT2D eigenvalue weighted by atomic mass is 16.5. The van der Waals surface area contributed by atoms with Crippen LogP contribution in [0.2, 0.25) is 0 Å². The lowest BCUT2D eigenvalue weighted by Crippen LogP contribution is -2.46. The Morgan fingerprint density at radius 3 is 2.55 bits per heavy atom. The van der Waals surface area contributed by atoms with Crippen LogP contribution in [0.1, 0.15) is 40.7 Å². The third-order valence-corrected chi connectivity index (χ3v) is 5.47. The first-order valence-electron chi connectivity index (χ1n) is 10.9. The molecule has 0 saturated carbocycles. The molecule has 1 fully saturated rings. The number of nitrogens with zero attached hydrogens (tertiary/aromatic N) is 1. The predicted molar refractivity (Wildman–Crippen MR) is 112 cm³/mol. The predicted octanol–water partition coefficient (Wildman–Crippen LogP) is 1.34. The lowest BCUT2D eigenvalue weighted by molar-refractivity contribution is 0.0156. The fraction of sp³-hybridized carbons (Fsp3) is 0.682. The van der Waals surface area contributed by atoms with Gasteiger partial charge in [0.25, 0.3) is 5.91 Å². The van der Waals surface area contributed by atoms with Crippen molar-refractivity contribution in [1.82, 2.24) is 10.2 Å². The van der Waals surface area contributed by atoms with Gasteiger partial charge in [0.15, 0.2) is 0 Å². The summed E-state index contributed by atoms with van der Waals surface area (Å²) >= 11 is 0. The molecule has 3 N–H and O–H groups in total. The van der Waals surface area contributed by atoms with Crippen molar-refractivity contribution in [3.8, 4) is 0 Å². The summed E-state index contributed by atoms with van der Waals surface area (Å²) in [7, 11) is 0. The molecule has 7 heteroatoms. The summed E-state index contributed by atoms with van der Waals surface area (Å²) in [5, 5.41) is 3.41. The second kappa shape index (κ2) is 12.2. The van der Waals surface area contributed by atoms with Crippen LogP contribution in [0.4, 0.5) is 0 Å². The highest BCUT2D eigenvalue weighted by Crippen LogP contribution is 2.27. The van der Waals surface area contributed by atoms with Crippen molar-refractivity contribution in [1.29, 1.82) is 0 Å². The molecular weight excluding hydrogens is 370 g/mol. The molecule has 3 rings (SSSR count). The number of nitrogens with two attached hydrogens (primary N) is 1. The number of piperidine rings is 1. The van der Waals surface area contributed by atoms with Gasteiger partial charge < -0.3 is 30.2 Å². The maximum absolute atomic E-state index is 12.7. The smallest absolute Gasteiger partial charge is 0.254 e. The summed E-state index contributed by atoms with van der Waals surface area (Å²) < 4.78 is 16.3. The van der Waals surface area contributed by atoms with Crippen LogP contribution in [-0.4, -0.2) is 76.1 Å². The molecule has 0 aromatic heterocycles. The van der Waals surface area contributed by atoms with E-state index >= 15 is 0 Å². The molecule has 2 heterocycles. The van der Waals surface area contributed by atoms with Crippen LogP contribution in [0.25, 0.3) is 0 Å². The number of fused-ring (bicyclic) bond motifs is 1. The zero-order valence-corrected chi connectivity index (χ0v) is 17.4. The van der Waals surface area contributed by atoms with Gasteiger partial charge in [-0.25, -0.2) is 0 Å². The lowest BCUT2D eigenvalue weighted by Gasteiger charge is -2.31. The SMILES string of the molecule is NCCOCCOCCOCCCc1ccc2c(c1)CN(C1CCCNC1)C2=O. The Morgan fingerprint density at radius 2 is 1.83 bits per heavy atom. The maximum Gasteiger partial charge on any atom is 0.254 e. The number of aryl methyl sites for hydroxylation is 1. The van der Waals surface area contributed by atoms with Gasteiger partial charge in [-0.2, -0.15) is 0 Å². The molecule has 2 aliphatic rings. The summed E-state index contributed by atoms with van der Waals surface area (Å²) in [5.74, 6) is 0.192. The third kappa shape index (κ3) is 6.76. The standard InChI is InChI=1S/C22H35N3O4/c23-7-10-28-12-14-29-13-11-27-9-2-3-18-5-6-21-19(15-18)17-25(22(21)26)20-4-1-8-24-16-20/h5-6,15,20,24H,1-4,7-14,16-17,23H2. The van der Waals surface area contributed by atoms with E-state index in [4.69, 9.17) is 19.9 Å². The molecule has 1 amide bonds. The number of benzene rings is 1. The second-order valence-corrected chi connectivity index (χ2v) is 7.65. The van der Waals surface area contributed by atoms with Crippen molar-refractivity contribution in [2.45, 2.75) is 38.3 Å². The summed E-state index contributed by atoms with van der Waals surface area (Å²) in [6.45, 7) is 6.88. The van der Waals surface area contributed by atoms with E-state index in [1.807, 2.05) is 11.0 Å². The van der Waals surface area contributed by atoms with Gasteiger partial charge in [-0.15, -0.1) is 0 Å². The molecule has 0 radical (unpaired) electrons. The van der Waals surface area contributed by atoms with Crippen LogP contribution < -0.4 is 11.1 Å². The number of hydrogen-bond donors (Lipinski definition) is 2. The zero-order chi connectivity index (χ0) is 20.3. The Morgan fingerprint density at radius 1 is 1.07 bits per heavy atom. The molecule has 1 aromatic rings. The van der Waals surface area contributed by atoms with E-state index < -0.39 is 0 Å². The van der Waals surface area contributed by atoms with E-state index in [-0.39, 0.29) is 5.91 Å². The zero-order valence-electron chi connectivity index (χ0n) is 17.4. The van der Waals surface area contributed by atoms with E-state index in [9.17, 15) is 4.79 Å². The van der Waals surface area contributed by atoms with Crippen LogP contribution in [-0.2, 0) is 27.2 Å². The van der Waals surface area contributed by atoms with Crippen LogP contribution in [0.5, 0.6) is 0 Å². The fourth-order valence-corrected chi connectivity index (χ4v) is 3.95. The molecule has 162 valence electrons. The highest BCUT2D eigenvalue weighted by Gasteiger charge is 2.33. The number of carbonyl (C=O) groups excluding carboxylic acids is 1. The van der Waals surface area contributed by atoms with Gasteiger partial charge in [0.2, 0.25) is 0 Å². The molecule has 1 aromatic carbocycles. The Hall–Kier alpha value is -1.51. The van der Waals surface area contributed by atoms with Crippen LogP contribution >= 0.6 is 0 Å². The molecule has 0 bridgehead atoms. The van der Waals surface area contributed by atoms with Gasteiger partial charge in [-0.3, -0.25) is 4.79 Å². The molecule has 1 saturated heterocycles. The van der Waals surface area contributed by atoms with Crippen molar-refractivity contribution >= 4 is 5.91 Å². The van der Waals surface area contributed by atoms with Gasteiger partial charge in [0, 0.05) is 37.8 Å². The van der Waals surface area contributed by atoms with Gasteiger partial charge >= 0.3 is 0 Å². The number of hydrogen-bond acceptors (Lipinski definition) is 6. The van der Waals surface area contributed by atoms with Crippen molar-refractivity contribution in [3.63, 3.8) is 0 Å². The van der Waals surface area contributed by atoms with E-state index in [2.05, 4.69) is 17.4 Å². The molecule has 7 nitrogen and oxygen atoms in total. The molecule has 1 atom stereocenters. The number of nitrogens with one attached hydrogen (secondary N) is 1. The summed E-state index contributed by atoms with van der Waals surface area (Å²) in [4.78, 5) is 14.8. The quantitative estimate of drug-likeness (QED) is 0.482. The monoisotopic (exact) mass is 405 g/mol. The fourth-order valence-electron chi connectivity index (χ4n) is 3.95. The van der Waals surface area contributed by atoms with Crippen molar-refractivity contribution in [2.75, 3.05) is 59.3 Å². The molecular formula is C22H35N3O4. The molecule has 2 aliphatic heterocycles. The molecule has 29 heavy (non-hydrogen) atoms. The minimum absolute atomic E-state index is 0.192. The van der Waals surface area contributed by atoms with Crippen LogP contribution in [0.3, 0.4) is 0 Å². The highest BCUT2D eigenvalue weighted by molar-refractivity contribution is 5.98. The molecule has 0 aliphatic carbocycles. The van der Waals surface area contributed by atoms with E-state index in [1.54, 1.807) is 0 Å². The Balaban J connectivity index is 1.31. The minimum atomic E-state index is 0.192. The van der Waals surface area contributed by atoms with Crippen molar-refractivity contribution in [3.05, 3.63) is 34.9 Å².